The molecule has 3 rings (SSSR count). The highest BCUT2D eigenvalue weighted by molar-refractivity contribution is 5.57. The van der Waals surface area contributed by atoms with Crippen LogP contribution in [-0.4, -0.2) is 16.3 Å². The van der Waals surface area contributed by atoms with Crippen molar-refractivity contribution in [3.63, 3.8) is 0 Å². The number of hydrogen-bond acceptors (Lipinski definition) is 3. The van der Waals surface area contributed by atoms with E-state index in [-0.39, 0.29) is 6.04 Å². The van der Waals surface area contributed by atoms with Crippen LogP contribution in [-0.2, 0) is 20.0 Å². The van der Waals surface area contributed by atoms with Gasteiger partial charge in [-0.15, -0.1) is 0 Å². The predicted octanol–water partition coefficient (Wildman–Crippen LogP) is 2.39. The van der Waals surface area contributed by atoms with Crippen LogP contribution >= 0.6 is 0 Å². The summed E-state index contributed by atoms with van der Waals surface area (Å²) in [7, 11) is 1.96. The molecule has 2 aromatic rings. The Morgan fingerprint density at radius 1 is 1.40 bits per heavy atom. The predicted molar refractivity (Wildman–Crippen MR) is 81.6 cm³/mol. The number of nitrogens with two attached hydrogens (primary N) is 1. The normalized spacial score (nSPS) is 16.1. The van der Waals surface area contributed by atoms with Gasteiger partial charge in [0.05, 0.1) is 6.20 Å². The monoisotopic (exact) mass is 270 g/mol. The van der Waals surface area contributed by atoms with Crippen LogP contribution < -0.4 is 10.6 Å². The van der Waals surface area contributed by atoms with Gasteiger partial charge in [0, 0.05) is 43.6 Å². The Morgan fingerprint density at radius 3 is 2.95 bits per heavy atom. The molecule has 0 amide bonds. The molecule has 0 saturated carbocycles. The van der Waals surface area contributed by atoms with E-state index in [2.05, 4.69) is 34.4 Å². The van der Waals surface area contributed by atoms with Gasteiger partial charge in [-0.05, 0) is 37.0 Å². The lowest BCUT2D eigenvalue weighted by atomic mass is 9.97. The molecule has 0 saturated heterocycles. The zero-order valence-electron chi connectivity index (χ0n) is 12.2. The van der Waals surface area contributed by atoms with Gasteiger partial charge >= 0.3 is 0 Å². The number of anilines is 1. The SMILES string of the molecule is CC(N)c1ccc2c(c1)CCCN2Cc1cnn(C)c1. The standard InChI is InChI=1S/C16H22N4/c1-12(17)14-5-6-16-15(8-14)4-3-7-20(16)11-13-9-18-19(2)10-13/h5-6,8-10,12H,3-4,7,11,17H2,1-2H3. The Hall–Kier alpha value is -1.81. The fraction of sp³-hybridized carbons (Fsp3) is 0.438. The van der Waals surface area contributed by atoms with E-state index in [1.807, 2.05) is 24.9 Å². The molecule has 1 aliphatic heterocycles. The van der Waals surface area contributed by atoms with Crippen molar-refractivity contribution in [1.29, 1.82) is 0 Å². The van der Waals surface area contributed by atoms with Crippen LogP contribution in [0.2, 0.25) is 0 Å². The fourth-order valence-corrected chi connectivity index (χ4v) is 2.92. The van der Waals surface area contributed by atoms with Crippen molar-refractivity contribution >= 4 is 5.69 Å². The van der Waals surface area contributed by atoms with Gasteiger partial charge < -0.3 is 10.6 Å². The molecule has 0 fully saturated rings. The van der Waals surface area contributed by atoms with E-state index in [0.717, 1.165) is 19.5 Å². The first-order valence-electron chi connectivity index (χ1n) is 7.24. The molecular formula is C16H22N4. The Balaban J connectivity index is 1.86. The molecule has 106 valence electrons. The quantitative estimate of drug-likeness (QED) is 0.931. The van der Waals surface area contributed by atoms with Crippen molar-refractivity contribution in [3.05, 3.63) is 47.3 Å². The van der Waals surface area contributed by atoms with Crippen LogP contribution in [0.4, 0.5) is 5.69 Å². The highest BCUT2D eigenvalue weighted by Crippen LogP contribution is 2.30. The lowest BCUT2D eigenvalue weighted by Crippen LogP contribution is -2.28. The first-order valence-corrected chi connectivity index (χ1v) is 7.24. The molecule has 0 spiro atoms. The minimum Gasteiger partial charge on any atom is -0.367 e. The summed E-state index contributed by atoms with van der Waals surface area (Å²) >= 11 is 0. The van der Waals surface area contributed by atoms with Crippen LogP contribution in [0.5, 0.6) is 0 Å². The third kappa shape index (κ3) is 2.56. The van der Waals surface area contributed by atoms with Crippen molar-refractivity contribution in [1.82, 2.24) is 9.78 Å². The third-order valence-corrected chi connectivity index (χ3v) is 3.98. The fourth-order valence-electron chi connectivity index (χ4n) is 2.92. The molecule has 1 aromatic carbocycles. The maximum Gasteiger partial charge on any atom is 0.0539 e. The van der Waals surface area contributed by atoms with E-state index in [1.165, 1.54) is 28.8 Å². The third-order valence-electron chi connectivity index (χ3n) is 3.98. The second kappa shape index (κ2) is 5.29. The molecule has 0 bridgehead atoms. The average Bonchev–Trinajstić information content (AvgIpc) is 2.84. The Labute approximate surface area is 120 Å². The van der Waals surface area contributed by atoms with Gasteiger partial charge in [-0.25, -0.2) is 0 Å². The number of rotatable bonds is 3. The summed E-state index contributed by atoms with van der Waals surface area (Å²) in [5.41, 5.74) is 11.2. The van der Waals surface area contributed by atoms with Gasteiger partial charge in [-0.3, -0.25) is 4.68 Å². The van der Waals surface area contributed by atoms with E-state index in [0.29, 0.717) is 0 Å². The topological polar surface area (TPSA) is 47.1 Å². The molecule has 1 aliphatic rings. The van der Waals surface area contributed by atoms with E-state index >= 15 is 0 Å². The van der Waals surface area contributed by atoms with Crippen molar-refractivity contribution in [3.8, 4) is 0 Å². The van der Waals surface area contributed by atoms with Gasteiger partial charge in [-0.1, -0.05) is 12.1 Å². The molecule has 2 N–H and O–H groups in total. The van der Waals surface area contributed by atoms with Crippen LogP contribution in [0.15, 0.2) is 30.6 Å². The maximum atomic E-state index is 5.98. The Morgan fingerprint density at radius 2 is 2.25 bits per heavy atom. The minimum absolute atomic E-state index is 0.106. The van der Waals surface area contributed by atoms with Gasteiger partial charge in [0.15, 0.2) is 0 Å². The molecule has 1 atom stereocenters. The van der Waals surface area contributed by atoms with Crippen molar-refractivity contribution in [2.75, 3.05) is 11.4 Å². The number of nitrogens with zero attached hydrogens (tertiary/aromatic N) is 3. The second-order valence-corrected chi connectivity index (χ2v) is 5.72. The number of aryl methyl sites for hydroxylation is 2. The first kappa shape index (κ1) is 13.2. The van der Waals surface area contributed by atoms with Crippen molar-refractivity contribution < 1.29 is 0 Å². The van der Waals surface area contributed by atoms with E-state index < -0.39 is 0 Å². The number of benzene rings is 1. The number of hydrogen-bond donors (Lipinski definition) is 1. The largest absolute Gasteiger partial charge is 0.367 e. The summed E-state index contributed by atoms with van der Waals surface area (Å²) in [5, 5.41) is 4.25. The summed E-state index contributed by atoms with van der Waals surface area (Å²) < 4.78 is 1.86. The minimum atomic E-state index is 0.106. The number of fused-ring (bicyclic) bond motifs is 1. The Bertz CT molecular complexity index is 600. The smallest absolute Gasteiger partial charge is 0.0539 e. The molecule has 1 unspecified atom stereocenters. The first-order chi connectivity index (χ1) is 9.63. The van der Waals surface area contributed by atoms with Gasteiger partial charge in [-0.2, -0.15) is 5.10 Å². The molecular weight excluding hydrogens is 248 g/mol. The highest BCUT2D eigenvalue weighted by Gasteiger charge is 2.18. The van der Waals surface area contributed by atoms with E-state index in [9.17, 15) is 0 Å². The zero-order valence-corrected chi connectivity index (χ0v) is 12.2. The Kier molecular flexibility index (Phi) is 3.49. The lowest BCUT2D eigenvalue weighted by Gasteiger charge is -2.31. The molecule has 0 aliphatic carbocycles. The molecule has 0 radical (unpaired) electrons. The van der Waals surface area contributed by atoms with Gasteiger partial charge in [0.25, 0.3) is 0 Å². The maximum absolute atomic E-state index is 5.98. The summed E-state index contributed by atoms with van der Waals surface area (Å²) in [6, 6.07) is 6.76. The number of aromatic nitrogens is 2. The van der Waals surface area contributed by atoms with Crippen LogP contribution in [0.3, 0.4) is 0 Å². The van der Waals surface area contributed by atoms with Crippen LogP contribution in [0.1, 0.15) is 36.1 Å². The van der Waals surface area contributed by atoms with Gasteiger partial charge in [0.1, 0.15) is 0 Å². The van der Waals surface area contributed by atoms with Crippen LogP contribution in [0.25, 0.3) is 0 Å². The summed E-state index contributed by atoms with van der Waals surface area (Å²) in [6.07, 6.45) is 6.39. The highest BCUT2D eigenvalue weighted by atomic mass is 15.2. The molecule has 2 heterocycles. The van der Waals surface area contributed by atoms with Crippen molar-refractivity contribution in [2.45, 2.75) is 32.4 Å². The van der Waals surface area contributed by atoms with E-state index in [1.54, 1.807) is 0 Å². The summed E-state index contributed by atoms with van der Waals surface area (Å²) in [4.78, 5) is 2.45. The second-order valence-electron chi connectivity index (χ2n) is 5.72. The molecule has 4 nitrogen and oxygen atoms in total. The summed E-state index contributed by atoms with van der Waals surface area (Å²) in [6.45, 7) is 4.08. The van der Waals surface area contributed by atoms with Crippen LogP contribution in [0, 0.1) is 0 Å². The lowest BCUT2D eigenvalue weighted by molar-refractivity contribution is 0.687. The van der Waals surface area contributed by atoms with E-state index in [4.69, 9.17) is 5.73 Å². The molecule has 20 heavy (non-hydrogen) atoms. The molecule has 1 aromatic heterocycles. The molecule has 4 heteroatoms. The summed E-state index contributed by atoms with van der Waals surface area (Å²) in [5.74, 6) is 0. The van der Waals surface area contributed by atoms with Crippen molar-refractivity contribution in [2.24, 2.45) is 12.8 Å². The van der Waals surface area contributed by atoms with Gasteiger partial charge in [0.2, 0.25) is 0 Å². The average molecular weight is 270 g/mol. The zero-order chi connectivity index (χ0) is 14.1.